The van der Waals surface area contributed by atoms with Crippen LogP contribution >= 0.6 is 0 Å². The predicted molar refractivity (Wildman–Crippen MR) is 65.9 cm³/mol. The number of esters is 1. The largest absolute Gasteiger partial charge is 0.451 e. The highest BCUT2D eigenvalue weighted by atomic mass is 32.2. The van der Waals surface area contributed by atoms with Crippen molar-refractivity contribution < 1.29 is 35.7 Å². The number of alkyl halides is 3. The second-order valence-electron chi connectivity index (χ2n) is 5.91. The number of ether oxygens (including phenoxy) is 1. The van der Waals surface area contributed by atoms with Gasteiger partial charge in [0.15, 0.2) is 0 Å². The summed E-state index contributed by atoms with van der Waals surface area (Å²) in [5.74, 6) is -1.80. The monoisotopic (exact) mass is 330 g/mol. The highest BCUT2D eigenvalue weighted by Gasteiger charge is 2.46. The fourth-order valence-electron chi connectivity index (χ4n) is 3.43. The molecule has 122 valence electrons. The molecule has 4 unspecified atom stereocenters. The lowest BCUT2D eigenvalue weighted by Gasteiger charge is -2.23. The highest BCUT2D eigenvalue weighted by Crippen LogP contribution is 2.49. The van der Waals surface area contributed by atoms with Crippen LogP contribution in [0.3, 0.4) is 0 Å². The Morgan fingerprint density at radius 1 is 1.29 bits per heavy atom. The minimum Gasteiger partial charge on any atom is -0.451 e. The van der Waals surface area contributed by atoms with Crippen LogP contribution in [0, 0.1) is 17.8 Å². The first-order valence-electron chi connectivity index (χ1n) is 6.76. The third-order valence-electron chi connectivity index (χ3n) is 4.31. The molecule has 0 aromatic heterocycles. The van der Waals surface area contributed by atoms with Gasteiger partial charge in [0.2, 0.25) is 6.10 Å². The van der Waals surface area contributed by atoms with Crippen molar-refractivity contribution in [3.63, 3.8) is 0 Å². The summed E-state index contributed by atoms with van der Waals surface area (Å²) in [5.41, 5.74) is 0. The van der Waals surface area contributed by atoms with E-state index in [-0.39, 0.29) is 12.3 Å². The van der Waals surface area contributed by atoms with Crippen LogP contribution in [0.1, 0.15) is 32.1 Å². The Kier molecular flexibility index (Phi) is 4.53. The summed E-state index contributed by atoms with van der Waals surface area (Å²) in [4.78, 5) is 11.6. The van der Waals surface area contributed by atoms with Crippen molar-refractivity contribution in [3.8, 4) is 0 Å². The van der Waals surface area contributed by atoms with Crippen molar-refractivity contribution in [2.45, 2.75) is 44.4 Å². The Morgan fingerprint density at radius 3 is 2.38 bits per heavy atom. The number of rotatable bonds is 5. The molecule has 0 aromatic carbocycles. The lowest BCUT2D eigenvalue weighted by Crippen LogP contribution is -2.40. The van der Waals surface area contributed by atoms with Gasteiger partial charge in [-0.3, -0.25) is 9.35 Å². The van der Waals surface area contributed by atoms with E-state index >= 15 is 0 Å². The molecule has 21 heavy (non-hydrogen) atoms. The zero-order valence-corrected chi connectivity index (χ0v) is 12.0. The van der Waals surface area contributed by atoms with Crippen molar-refractivity contribution in [1.29, 1.82) is 0 Å². The summed E-state index contributed by atoms with van der Waals surface area (Å²) < 4.78 is 71.8. The van der Waals surface area contributed by atoms with Crippen LogP contribution in [0.25, 0.3) is 0 Å². The first-order valence-corrected chi connectivity index (χ1v) is 8.37. The Bertz CT molecular complexity index is 502. The molecule has 0 radical (unpaired) electrons. The molecule has 0 aromatic rings. The number of carbonyl (C=O) groups is 1. The minimum atomic E-state index is -5.03. The Morgan fingerprint density at radius 2 is 1.95 bits per heavy atom. The SMILES string of the molecule is O=C(CC1CC2CCC1C2)OC(CS(=O)(=O)O)C(F)(F)F. The first kappa shape index (κ1) is 16.5. The van der Waals surface area contributed by atoms with Gasteiger partial charge in [-0.1, -0.05) is 6.42 Å². The van der Waals surface area contributed by atoms with E-state index in [1.807, 2.05) is 0 Å². The van der Waals surface area contributed by atoms with Gasteiger partial charge < -0.3 is 4.74 Å². The molecular weight excluding hydrogens is 313 g/mol. The Balaban J connectivity index is 1.92. The van der Waals surface area contributed by atoms with Crippen LogP contribution in [0.4, 0.5) is 13.2 Å². The quantitative estimate of drug-likeness (QED) is 0.617. The van der Waals surface area contributed by atoms with Gasteiger partial charge in [0, 0.05) is 6.42 Å². The van der Waals surface area contributed by atoms with E-state index in [1.54, 1.807) is 0 Å². The molecule has 1 N–H and O–H groups in total. The van der Waals surface area contributed by atoms with Gasteiger partial charge in [-0.15, -0.1) is 0 Å². The van der Waals surface area contributed by atoms with E-state index in [0.29, 0.717) is 11.8 Å². The van der Waals surface area contributed by atoms with Crippen LogP contribution < -0.4 is 0 Å². The first-order chi connectivity index (χ1) is 9.54. The lowest BCUT2D eigenvalue weighted by molar-refractivity contribution is -0.215. The maximum Gasteiger partial charge on any atom is 0.426 e. The molecule has 2 fully saturated rings. The van der Waals surface area contributed by atoms with Crippen LogP contribution in [-0.4, -0.2) is 37.0 Å². The van der Waals surface area contributed by atoms with E-state index in [9.17, 15) is 26.4 Å². The molecular formula is C12H17F3O5S. The van der Waals surface area contributed by atoms with Gasteiger partial charge in [-0.05, 0) is 37.0 Å². The lowest BCUT2D eigenvalue weighted by atomic mass is 9.86. The zero-order chi connectivity index (χ0) is 15.8. The molecule has 0 heterocycles. The number of carbonyl (C=O) groups excluding carboxylic acids is 1. The van der Waals surface area contributed by atoms with Crippen molar-refractivity contribution in [2.24, 2.45) is 17.8 Å². The molecule has 2 bridgehead atoms. The molecule has 2 saturated carbocycles. The van der Waals surface area contributed by atoms with E-state index in [1.165, 1.54) is 0 Å². The third-order valence-corrected chi connectivity index (χ3v) is 5.04. The second kappa shape index (κ2) is 5.75. The normalized spacial score (nSPS) is 30.4. The number of hydrogen-bond acceptors (Lipinski definition) is 4. The summed E-state index contributed by atoms with van der Waals surface area (Å²) >= 11 is 0. The van der Waals surface area contributed by atoms with Crippen LogP contribution in [0.2, 0.25) is 0 Å². The topological polar surface area (TPSA) is 80.7 Å². The smallest absolute Gasteiger partial charge is 0.426 e. The number of hydrogen-bond donors (Lipinski definition) is 1. The average Bonchev–Trinajstić information content (AvgIpc) is 2.86. The van der Waals surface area contributed by atoms with Crippen LogP contribution in [-0.2, 0) is 19.6 Å². The molecule has 0 saturated heterocycles. The van der Waals surface area contributed by atoms with Gasteiger partial charge in [0.25, 0.3) is 10.1 Å². The molecule has 9 heteroatoms. The van der Waals surface area contributed by atoms with Crippen LogP contribution in [0.15, 0.2) is 0 Å². The van der Waals surface area contributed by atoms with Gasteiger partial charge >= 0.3 is 12.1 Å². The van der Waals surface area contributed by atoms with Crippen molar-refractivity contribution in [3.05, 3.63) is 0 Å². The van der Waals surface area contributed by atoms with Gasteiger partial charge in [-0.25, -0.2) is 0 Å². The van der Waals surface area contributed by atoms with Crippen LogP contribution in [0.5, 0.6) is 0 Å². The average molecular weight is 330 g/mol. The van der Waals surface area contributed by atoms with Crippen molar-refractivity contribution >= 4 is 16.1 Å². The standard InChI is InChI=1S/C12H17F3O5S/c13-12(14,15)10(6-21(17,18)19)20-11(16)5-9-4-7-1-2-8(9)3-7/h7-10H,1-6H2,(H,17,18,19). The summed E-state index contributed by atoms with van der Waals surface area (Å²) in [7, 11) is -4.88. The molecule has 0 amide bonds. The van der Waals surface area contributed by atoms with E-state index in [4.69, 9.17) is 4.55 Å². The third kappa shape index (κ3) is 4.57. The molecule has 4 atom stereocenters. The Hall–Kier alpha value is -0.830. The van der Waals surface area contributed by atoms with Crippen molar-refractivity contribution in [1.82, 2.24) is 0 Å². The van der Waals surface area contributed by atoms with Gasteiger partial charge in [0.1, 0.15) is 5.75 Å². The van der Waals surface area contributed by atoms with Gasteiger partial charge in [-0.2, -0.15) is 21.6 Å². The predicted octanol–water partition coefficient (Wildman–Crippen LogP) is 2.17. The minimum absolute atomic E-state index is 0.0240. The fourth-order valence-corrected chi connectivity index (χ4v) is 4.07. The number of fused-ring (bicyclic) bond motifs is 2. The second-order valence-corrected chi connectivity index (χ2v) is 7.40. The summed E-state index contributed by atoms with van der Waals surface area (Å²) in [6.07, 6.45) is -4.07. The molecule has 2 aliphatic rings. The van der Waals surface area contributed by atoms with Crippen molar-refractivity contribution in [2.75, 3.05) is 5.75 Å². The zero-order valence-electron chi connectivity index (χ0n) is 11.2. The van der Waals surface area contributed by atoms with E-state index in [0.717, 1.165) is 25.7 Å². The highest BCUT2D eigenvalue weighted by molar-refractivity contribution is 7.85. The van der Waals surface area contributed by atoms with Gasteiger partial charge in [0.05, 0.1) is 0 Å². The maximum atomic E-state index is 12.6. The number of halogens is 3. The molecule has 5 nitrogen and oxygen atoms in total. The molecule has 2 aliphatic carbocycles. The maximum absolute atomic E-state index is 12.6. The molecule has 0 spiro atoms. The summed E-state index contributed by atoms with van der Waals surface area (Å²) in [6, 6.07) is 0. The van der Waals surface area contributed by atoms with E-state index in [2.05, 4.69) is 4.74 Å². The summed E-state index contributed by atoms with van der Waals surface area (Å²) in [6.45, 7) is 0. The molecule has 0 aliphatic heterocycles. The van der Waals surface area contributed by atoms with E-state index < -0.39 is 34.1 Å². The summed E-state index contributed by atoms with van der Waals surface area (Å²) in [5, 5.41) is 0. The molecule has 2 rings (SSSR count). The Labute approximate surface area is 120 Å². The fraction of sp³-hybridized carbons (Fsp3) is 0.917.